The minimum Gasteiger partial charge on any atom is -0.465 e. The lowest BCUT2D eigenvalue weighted by atomic mass is 9.97. The molecule has 0 bridgehead atoms. The van der Waals surface area contributed by atoms with Crippen LogP contribution in [0.2, 0.25) is 0 Å². The molecule has 1 aromatic heterocycles. The van der Waals surface area contributed by atoms with Gasteiger partial charge in [-0.25, -0.2) is 9.18 Å². The number of nitriles is 1. The highest BCUT2D eigenvalue weighted by atomic mass is 19.1. The highest BCUT2D eigenvalue weighted by Gasteiger charge is 2.28. The largest absolute Gasteiger partial charge is 0.465 e. The summed E-state index contributed by atoms with van der Waals surface area (Å²) in [6.07, 6.45) is 3.99. The van der Waals surface area contributed by atoms with Crippen molar-refractivity contribution in [2.75, 3.05) is 26.3 Å². The van der Waals surface area contributed by atoms with Crippen LogP contribution in [0.3, 0.4) is 0 Å². The van der Waals surface area contributed by atoms with E-state index in [0.29, 0.717) is 13.1 Å². The van der Waals surface area contributed by atoms with E-state index in [4.69, 9.17) is 9.47 Å². The van der Waals surface area contributed by atoms with Gasteiger partial charge >= 0.3 is 11.9 Å². The summed E-state index contributed by atoms with van der Waals surface area (Å²) >= 11 is 0. The van der Waals surface area contributed by atoms with Crippen molar-refractivity contribution in [1.82, 2.24) is 9.47 Å². The zero-order valence-electron chi connectivity index (χ0n) is 19.1. The summed E-state index contributed by atoms with van der Waals surface area (Å²) in [4.78, 5) is 52.2. The Morgan fingerprint density at radius 2 is 1.79 bits per heavy atom. The number of hydrogen-bond donors (Lipinski definition) is 0. The van der Waals surface area contributed by atoms with Crippen LogP contribution in [0.15, 0.2) is 23.1 Å². The van der Waals surface area contributed by atoms with Crippen molar-refractivity contribution in [2.24, 2.45) is 0 Å². The fourth-order valence-electron chi connectivity index (χ4n) is 4.00. The van der Waals surface area contributed by atoms with Crippen molar-refractivity contribution in [3.63, 3.8) is 0 Å². The lowest BCUT2D eigenvalue weighted by Gasteiger charge is -2.27. The fourth-order valence-corrected chi connectivity index (χ4v) is 4.00. The van der Waals surface area contributed by atoms with Crippen LogP contribution in [0.25, 0.3) is 10.9 Å². The van der Waals surface area contributed by atoms with Gasteiger partial charge in [-0.1, -0.05) is 0 Å². The van der Waals surface area contributed by atoms with E-state index in [2.05, 4.69) is 0 Å². The first kappa shape index (κ1) is 24.9. The van der Waals surface area contributed by atoms with Gasteiger partial charge in [-0.2, -0.15) is 5.26 Å². The molecule has 1 fully saturated rings. The molecule has 0 spiro atoms. The maximum absolute atomic E-state index is 15.0. The smallest absolute Gasteiger partial charge is 0.343 e. The zero-order chi connectivity index (χ0) is 24.8. The van der Waals surface area contributed by atoms with Crippen molar-refractivity contribution in [1.29, 1.82) is 5.26 Å². The molecule has 9 nitrogen and oxygen atoms in total. The number of piperidine rings is 1. The standard InChI is InChI=1S/C24H26FN3O6/c1-3-33-23(31)17(12-26)15-11-20-16(10-19(15)25)22(30)18(24(32)34-4-2)13-28(20)14-21(29)27-8-6-5-7-9-27/h10-11,13,17H,3-9,14H2,1-2H3. The average molecular weight is 471 g/mol. The molecule has 1 aromatic carbocycles. The van der Waals surface area contributed by atoms with E-state index in [1.165, 1.54) is 16.8 Å². The average Bonchev–Trinajstić information content (AvgIpc) is 2.82. The molecule has 0 N–H and O–H groups in total. The highest BCUT2D eigenvalue weighted by molar-refractivity contribution is 5.95. The van der Waals surface area contributed by atoms with Crippen LogP contribution >= 0.6 is 0 Å². The summed E-state index contributed by atoms with van der Waals surface area (Å²) in [5.41, 5.74) is -1.28. The van der Waals surface area contributed by atoms with Crippen molar-refractivity contribution in [2.45, 2.75) is 45.6 Å². The van der Waals surface area contributed by atoms with E-state index in [9.17, 15) is 24.4 Å². The molecule has 0 saturated carbocycles. The molecule has 1 aliphatic heterocycles. The van der Waals surface area contributed by atoms with Crippen molar-refractivity contribution >= 4 is 28.7 Å². The molecular weight excluding hydrogens is 445 g/mol. The van der Waals surface area contributed by atoms with E-state index < -0.39 is 29.1 Å². The summed E-state index contributed by atoms with van der Waals surface area (Å²) in [6, 6.07) is 3.80. The predicted molar refractivity (Wildman–Crippen MR) is 120 cm³/mol. The Labute approximate surface area is 195 Å². The molecule has 3 rings (SSSR count). The second-order valence-corrected chi connectivity index (χ2v) is 7.87. The van der Waals surface area contributed by atoms with Crippen LogP contribution in [0.4, 0.5) is 4.39 Å². The topological polar surface area (TPSA) is 119 Å². The number of aromatic nitrogens is 1. The number of esters is 2. The van der Waals surface area contributed by atoms with Crippen LogP contribution in [0.5, 0.6) is 0 Å². The third-order valence-electron chi connectivity index (χ3n) is 5.67. The van der Waals surface area contributed by atoms with E-state index in [-0.39, 0.29) is 47.7 Å². The maximum Gasteiger partial charge on any atom is 0.343 e. The van der Waals surface area contributed by atoms with Gasteiger partial charge in [0, 0.05) is 30.2 Å². The van der Waals surface area contributed by atoms with Crippen LogP contribution in [0.1, 0.15) is 54.9 Å². The van der Waals surface area contributed by atoms with Crippen molar-refractivity contribution < 1.29 is 28.2 Å². The lowest BCUT2D eigenvalue weighted by molar-refractivity contribution is -0.143. The highest BCUT2D eigenvalue weighted by Crippen LogP contribution is 2.26. The van der Waals surface area contributed by atoms with Gasteiger partial charge < -0.3 is 18.9 Å². The molecule has 1 saturated heterocycles. The quantitative estimate of drug-likeness (QED) is 0.569. The van der Waals surface area contributed by atoms with E-state index in [0.717, 1.165) is 25.3 Å². The summed E-state index contributed by atoms with van der Waals surface area (Å²) in [5, 5.41) is 9.31. The Bertz CT molecular complexity index is 1210. The van der Waals surface area contributed by atoms with E-state index >= 15 is 4.39 Å². The van der Waals surface area contributed by atoms with Crippen molar-refractivity contribution in [3.8, 4) is 6.07 Å². The Hall–Kier alpha value is -3.74. The minimum atomic E-state index is -1.56. The number of likely N-dealkylation sites (tertiary alicyclic amines) is 1. The summed E-state index contributed by atoms with van der Waals surface area (Å²) < 4.78 is 26.2. The number of rotatable bonds is 7. The molecule has 1 atom stereocenters. The van der Waals surface area contributed by atoms with Gasteiger partial charge in [0.1, 0.15) is 17.9 Å². The predicted octanol–water partition coefficient (Wildman–Crippen LogP) is 2.50. The van der Waals surface area contributed by atoms with Gasteiger partial charge in [0.2, 0.25) is 11.3 Å². The van der Waals surface area contributed by atoms with E-state index in [1.54, 1.807) is 24.8 Å². The number of nitrogens with zero attached hydrogens (tertiary/aromatic N) is 3. The molecule has 0 radical (unpaired) electrons. The molecule has 1 aliphatic rings. The van der Waals surface area contributed by atoms with Crippen LogP contribution in [-0.2, 0) is 25.6 Å². The van der Waals surface area contributed by atoms with Crippen molar-refractivity contribution in [3.05, 3.63) is 45.5 Å². The normalized spacial score (nSPS) is 14.4. The number of amides is 1. The number of fused-ring (bicyclic) bond motifs is 1. The Kier molecular flexibility index (Phi) is 7.99. The molecule has 180 valence electrons. The van der Waals surface area contributed by atoms with Gasteiger partial charge in [-0.05, 0) is 45.2 Å². The third kappa shape index (κ3) is 5.09. The lowest BCUT2D eigenvalue weighted by Crippen LogP contribution is -2.38. The minimum absolute atomic E-state index is 0.00413. The molecule has 2 heterocycles. The summed E-state index contributed by atoms with van der Waals surface area (Å²) in [5.74, 6) is -4.58. The molecule has 0 aliphatic carbocycles. The Morgan fingerprint density at radius 1 is 1.12 bits per heavy atom. The van der Waals surface area contributed by atoms with Gasteiger partial charge in [-0.15, -0.1) is 0 Å². The molecule has 2 aromatic rings. The molecule has 10 heteroatoms. The maximum atomic E-state index is 15.0. The Morgan fingerprint density at radius 3 is 2.41 bits per heavy atom. The first-order valence-corrected chi connectivity index (χ1v) is 11.2. The second-order valence-electron chi connectivity index (χ2n) is 7.87. The first-order chi connectivity index (χ1) is 16.3. The zero-order valence-corrected chi connectivity index (χ0v) is 19.1. The molecular formula is C24H26FN3O6. The molecule has 34 heavy (non-hydrogen) atoms. The van der Waals surface area contributed by atoms with Crippen LogP contribution in [-0.4, -0.2) is 53.6 Å². The molecule has 1 unspecified atom stereocenters. The number of benzene rings is 1. The first-order valence-electron chi connectivity index (χ1n) is 11.2. The fraction of sp³-hybridized carbons (Fsp3) is 0.458. The van der Waals surface area contributed by atoms with Gasteiger partial charge in [-0.3, -0.25) is 14.4 Å². The van der Waals surface area contributed by atoms with Gasteiger partial charge in [0.15, 0.2) is 5.92 Å². The Balaban J connectivity index is 2.18. The summed E-state index contributed by atoms with van der Waals surface area (Å²) in [7, 11) is 0. The number of hydrogen-bond acceptors (Lipinski definition) is 7. The third-order valence-corrected chi connectivity index (χ3v) is 5.67. The number of ether oxygens (including phenoxy) is 2. The van der Waals surface area contributed by atoms with Gasteiger partial charge in [0.25, 0.3) is 0 Å². The second kappa shape index (κ2) is 10.9. The number of carbonyl (C=O) groups excluding carboxylic acids is 3. The molecule has 1 amide bonds. The number of pyridine rings is 1. The van der Waals surface area contributed by atoms with Crippen LogP contribution < -0.4 is 5.43 Å². The SMILES string of the molecule is CCOC(=O)c1cn(CC(=O)N2CCCCC2)c2cc(C(C#N)C(=O)OCC)c(F)cc2c1=O. The number of carbonyl (C=O) groups is 3. The van der Waals surface area contributed by atoms with E-state index in [1.807, 2.05) is 0 Å². The van der Waals surface area contributed by atoms with Crippen LogP contribution in [0, 0.1) is 17.1 Å². The van der Waals surface area contributed by atoms with Gasteiger partial charge in [0.05, 0.1) is 24.8 Å². The number of halogens is 1. The monoisotopic (exact) mass is 471 g/mol. The summed E-state index contributed by atoms with van der Waals surface area (Å²) in [6.45, 7) is 4.15.